The molecule has 0 saturated carbocycles. The predicted octanol–water partition coefficient (Wildman–Crippen LogP) is 1.57. The lowest BCUT2D eigenvalue weighted by Crippen LogP contribution is -2.32. The Morgan fingerprint density at radius 3 is 2.70 bits per heavy atom. The molecule has 0 spiro atoms. The SMILES string of the molecule is Cc1cc(S(=O)(=O)NCC2CCOCC2)ccc1C#N. The lowest BCUT2D eigenvalue weighted by Gasteiger charge is -2.22. The highest BCUT2D eigenvalue weighted by atomic mass is 32.2. The monoisotopic (exact) mass is 294 g/mol. The van der Waals surface area contributed by atoms with Crippen LogP contribution in [0.2, 0.25) is 0 Å². The third-order valence-corrected chi connectivity index (χ3v) is 4.95. The number of hydrogen-bond acceptors (Lipinski definition) is 4. The van der Waals surface area contributed by atoms with Crippen LogP contribution < -0.4 is 4.72 Å². The van der Waals surface area contributed by atoms with Gasteiger partial charge in [-0.15, -0.1) is 0 Å². The van der Waals surface area contributed by atoms with Gasteiger partial charge < -0.3 is 4.74 Å². The Hall–Kier alpha value is -1.42. The van der Waals surface area contributed by atoms with E-state index >= 15 is 0 Å². The lowest BCUT2D eigenvalue weighted by atomic mass is 10.0. The molecular formula is C14H18N2O3S. The van der Waals surface area contributed by atoms with Crippen LogP contribution in [0.4, 0.5) is 0 Å². The van der Waals surface area contributed by atoms with Crippen LogP contribution >= 0.6 is 0 Å². The van der Waals surface area contributed by atoms with E-state index in [1.165, 1.54) is 12.1 Å². The smallest absolute Gasteiger partial charge is 0.240 e. The second-order valence-electron chi connectivity index (χ2n) is 5.00. The van der Waals surface area contributed by atoms with Gasteiger partial charge in [0, 0.05) is 19.8 Å². The zero-order chi connectivity index (χ0) is 14.6. The van der Waals surface area contributed by atoms with Crippen LogP contribution in [0.25, 0.3) is 0 Å². The lowest BCUT2D eigenvalue weighted by molar-refractivity contribution is 0.0678. The number of rotatable bonds is 4. The second kappa shape index (κ2) is 6.35. The molecule has 0 atom stereocenters. The Morgan fingerprint density at radius 1 is 1.40 bits per heavy atom. The van der Waals surface area contributed by atoms with E-state index < -0.39 is 10.0 Å². The predicted molar refractivity (Wildman–Crippen MR) is 74.6 cm³/mol. The summed E-state index contributed by atoms with van der Waals surface area (Å²) < 4.78 is 32.3. The van der Waals surface area contributed by atoms with Gasteiger partial charge in [-0.05, 0) is 49.4 Å². The molecule has 6 heteroatoms. The van der Waals surface area contributed by atoms with E-state index in [0.717, 1.165) is 12.8 Å². The molecule has 1 saturated heterocycles. The zero-order valence-electron chi connectivity index (χ0n) is 11.4. The molecule has 0 radical (unpaired) electrons. The Morgan fingerprint density at radius 2 is 2.10 bits per heavy atom. The van der Waals surface area contributed by atoms with E-state index in [0.29, 0.717) is 36.8 Å². The Balaban J connectivity index is 2.06. The van der Waals surface area contributed by atoms with Crippen molar-refractivity contribution in [1.82, 2.24) is 4.72 Å². The first-order valence-electron chi connectivity index (χ1n) is 6.61. The van der Waals surface area contributed by atoms with E-state index in [4.69, 9.17) is 10.00 Å². The molecule has 2 rings (SSSR count). The van der Waals surface area contributed by atoms with Crippen molar-refractivity contribution in [2.24, 2.45) is 5.92 Å². The van der Waals surface area contributed by atoms with Crippen molar-refractivity contribution in [2.75, 3.05) is 19.8 Å². The molecule has 1 aromatic carbocycles. The number of ether oxygens (including phenoxy) is 1. The average Bonchev–Trinajstić information content (AvgIpc) is 2.46. The van der Waals surface area contributed by atoms with Crippen molar-refractivity contribution in [3.05, 3.63) is 29.3 Å². The van der Waals surface area contributed by atoms with Crippen LogP contribution in [0.15, 0.2) is 23.1 Å². The summed E-state index contributed by atoms with van der Waals surface area (Å²) in [4.78, 5) is 0.209. The quantitative estimate of drug-likeness (QED) is 0.914. The molecular weight excluding hydrogens is 276 g/mol. The number of nitrogens with zero attached hydrogens (tertiary/aromatic N) is 1. The van der Waals surface area contributed by atoms with Crippen LogP contribution in [0.1, 0.15) is 24.0 Å². The highest BCUT2D eigenvalue weighted by Gasteiger charge is 2.19. The van der Waals surface area contributed by atoms with Gasteiger partial charge in [0.15, 0.2) is 0 Å². The molecule has 1 aliphatic heterocycles. The van der Waals surface area contributed by atoms with E-state index in [1.54, 1.807) is 13.0 Å². The molecule has 0 unspecified atom stereocenters. The van der Waals surface area contributed by atoms with Crippen LogP contribution in [0.5, 0.6) is 0 Å². The number of sulfonamides is 1. The average molecular weight is 294 g/mol. The molecule has 20 heavy (non-hydrogen) atoms. The fraction of sp³-hybridized carbons (Fsp3) is 0.500. The van der Waals surface area contributed by atoms with E-state index in [9.17, 15) is 8.42 Å². The second-order valence-corrected chi connectivity index (χ2v) is 6.76. The maximum atomic E-state index is 12.2. The number of aryl methyl sites for hydroxylation is 1. The molecule has 1 heterocycles. The van der Waals surface area contributed by atoms with Gasteiger partial charge in [0.05, 0.1) is 16.5 Å². The number of hydrogen-bond donors (Lipinski definition) is 1. The summed E-state index contributed by atoms with van der Waals surface area (Å²) >= 11 is 0. The minimum atomic E-state index is -3.51. The molecule has 1 fully saturated rings. The standard InChI is InChI=1S/C14H18N2O3S/c1-11-8-14(3-2-13(11)9-15)20(17,18)16-10-12-4-6-19-7-5-12/h2-3,8,12,16H,4-7,10H2,1H3. The molecule has 1 N–H and O–H groups in total. The first-order valence-corrected chi connectivity index (χ1v) is 8.09. The fourth-order valence-electron chi connectivity index (χ4n) is 2.19. The van der Waals surface area contributed by atoms with Crippen molar-refractivity contribution in [2.45, 2.75) is 24.7 Å². The van der Waals surface area contributed by atoms with E-state index in [1.807, 2.05) is 6.07 Å². The summed E-state index contributed by atoms with van der Waals surface area (Å²) in [5.41, 5.74) is 1.16. The van der Waals surface area contributed by atoms with Gasteiger partial charge in [0.25, 0.3) is 0 Å². The molecule has 0 bridgehead atoms. The van der Waals surface area contributed by atoms with Crippen molar-refractivity contribution in [3.63, 3.8) is 0 Å². The third-order valence-electron chi connectivity index (χ3n) is 3.53. The van der Waals surface area contributed by atoms with Gasteiger partial charge in [0.1, 0.15) is 0 Å². The maximum absolute atomic E-state index is 12.2. The summed E-state index contributed by atoms with van der Waals surface area (Å²) in [5.74, 6) is 0.331. The minimum Gasteiger partial charge on any atom is -0.381 e. The zero-order valence-corrected chi connectivity index (χ0v) is 12.2. The minimum absolute atomic E-state index is 0.209. The van der Waals surface area contributed by atoms with E-state index in [2.05, 4.69) is 4.72 Å². The van der Waals surface area contributed by atoms with Crippen molar-refractivity contribution in [1.29, 1.82) is 5.26 Å². The summed E-state index contributed by atoms with van der Waals surface area (Å²) in [7, 11) is -3.51. The van der Waals surface area contributed by atoms with Crippen molar-refractivity contribution < 1.29 is 13.2 Å². The number of benzene rings is 1. The maximum Gasteiger partial charge on any atom is 0.240 e. The Labute approximate surface area is 119 Å². The Bertz CT molecular complexity index is 614. The largest absolute Gasteiger partial charge is 0.381 e. The van der Waals surface area contributed by atoms with Gasteiger partial charge >= 0.3 is 0 Å². The Kier molecular flexibility index (Phi) is 4.76. The summed E-state index contributed by atoms with van der Waals surface area (Å²) in [5, 5.41) is 8.86. The molecule has 108 valence electrons. The molecule has 1 aromatic rings. The van der Waals surface area contributed by atoms with Crippen LogP contribution in [0.3, 0.4) is 0 Å². The van der Waals surface area contributed by atoms with Crippen LogP contribution in [-0.2, 0) is 14.8 Å². The van der Waals surface area contributed by atoms with Crippen molar-refractivity contribution in [3.8, 4) is 6.07 Å². The number of nitriles is 1. The van der Waals surface area contributed by atoms with Gasteiger partial charge in [-0.25, -0.2) is 13.1 Å². The molecule has 5 nitrogen and oxygen atoms in total. The van der Waals surface area contributed by atoms with Gasteiger partial charge in [-0.1, -0.05) is 0 Å². The third kappa shape index (κ3) is 3.57. The fourth-order valence-corrected chi connectivity index (χ4v) is 3.39. The first-order chi connectivity index (χ1) is 9.53. The number of nitrogens with one attached hydrogen (secondary N) is 1. The van der Waals surface area contributed by atoms with E-state index in [-0.39, 0.29) is 4.90 Å². The normalized spacial score (nSPS) is 16.8. The molecule has 0 aliphatic carbocycles. The molecule has 0 amide bonds. The van der Waals surface area contributed by atoms with Gasteiger partial charge in [-0.2, -0.15) is 5.26 Å². The van der Waals surface area contributed by atoms with Crippen LogP contribution in [0, 0.1) is 24.2 Å². The highest BCUT2D eigenvalue weighted by Crippen LogP contribution is 2.17. The van der Waals surface area contributed by atoms with Gasteiger partial charge in [0.2, 0.25) is 10.0 Å². The summed E-state index contributed by atoms with van der Waals surface area (Å²) in [6.45, 7) is 3.56. The van der Waals surface area contributed by atoms with Crippen molar-refractivity contribution >= 4 is 10.0 Å². The van der Waals surface area contributed by atoms with Crippen LogP contribution in [-0.4, -0.2) is 28.2 Å². The summed E-state index contributed by atoms with van der Waals surface area (Å²) in [6, 6.07) is 6.57. The van der Waals surface area contributed by atoms with Gasteiger partial charge in [-0.3, -0.25) is 0 Å². The summed E-state index contributed by atoms with van der Waals surface area (Å²) in [6.07, 6.45) is 1.77. The molecule has 1 aliphatic rings. The topological polar surface area (TPSA) is 79.2 Å². The molecule has 0 aromatic heterocycles. The highest BCUT2D eigenvalue weighted by molar-refractivity contribution is 7.89. The first kappa shape index (κ1) is 15.0.